The predicted molar refractivity (Wildman–Crippen MR) is 62.0 cm³/mol. The molecule has 90 valence electrons. The first kappa shape index (κ1) is 11.6. The highest BCUT2D eigenvalue weighted by molar-refractivity contribution is 4.85. The van der Waals surface area contributed by atoms with E-state index in [1.807, 2.05) is 0 Å². The Labute approximate surface area is 96.8 Å². The third-order valence-corrected chi connectivity index (χ3v) is 3.39. The van der Waals surface area contributed by atoms with Gasteiger partial charge in [-0.2, -0.15) is 4.98 Å². The second-order valence-corrected chi connectivity index (χ2v) is 5.51. The lowest BCUT2D eigenvalue weighted by Crippen LogP contribution is -2.38. The molecule has 1 fully saturated rings. The van der Waals surface area contributed by atoms with Gasteiger partial charge in [0.1, 0.15) is 0 Å². The summed E-state index contributed by atoms with van der Waals surface area (Å²) in [5, 5.41) is 7.40. The molecule has 1 aromatic heterocycles. The maximum atomic E-state index is 4.70. The van der Waals surface area contributed by atoms with E-state index < -0.39 is 0 Å². The molecule has 0 aliphatic heterocycles. The first-order valence-electron chi connectivity index (χ1n) is 6.14. The topological polar surface area (TPSA) is 51.0 Å². The molecule has 0 radical (unpaired) electrons. The molecule has 0 aromatic carbocycles. The van der Waals surface area contributed by atoms with Crippen molar-refractivity contribution >= 4 is 0 Å². The summed E-state index contributed by atoms with van der Waals surface area (Å²) in [7, 11) is 0. The fraction of sp³-hybridized carbons (Fsp3) is 0.833. The van der Waals surface area contributed by atoms with E-state index >= 15 is 0 Å². The number of nitrogens with one attached hydrogen (secondary N) is 1. The van der Waals surface area contributed by atoms with Gasteiger partial charge < -0.3 is 9.84 Å². The van der Waals surface area contributed by atoms with Crippen molar-refractivity contribution in [3.63, 3.8) is 0 Å². The summed E-state index contributed by atoms with van der Waals surface area (Å²) in [6.07, 6.45) is 7.52. The van der Waals surface area contributed by atoms with Gasteiger partial charge in [0.2, 0.25) is 6.39 Å². The first-order chi connectivity index (χ1) is 7.66. The number of hydrogen-bond acceptors (Lipinski definition) is 4. The summed E-state index contributed by atoms with van der Waals surface area (Å²) in [6, 6.07) is 0.663. The number of rotatable bonds is 4. The fourth-order valence-electron chi connectivity index (χ4n) is 2.56. The van der Waals surface area contributed by atoms with Gasteiger partial charge in [-0.15, -0.1) is 0 Å². The molecule has 1 aliphatic rings. The van der Waals surface area contributed by atoms with Crippen LogP contribution in [0.3, 0.4) is 0 Å². The van der Waals surface area contributed by atoms with Crippen molar-refractivity contribution in [1.82, 2.24) is 15.5 Å². The van der Waals surface area contributed by atoms with Crippen molar-refractivity contribution in [1.29, 1.82) is 0 Å². The molecule has 1 aromatic rings. The zero-order valence-corrected chi connectivity index (χ0v) is 10.2. The smallest absolute Gasteiger partial charge is 0.213 e. The second-order valence-electron chi connectivity index (χ2n) is 5.51. The van der Waals surface area contributed by atoms with Crippen LogP contribution in [0, 0.1) is 5.41 Å². The van der Waals surface area contributed by atoms with Gasteiger partial charge in [0.05, 0.1) is 0 Å². The molecule has 0 spiro atoms. The van der Waals surface area contributed by atoms with Crippen LogP contribution in [-0.4, -0.2) is 22.7 Å². The van der Waals surface area contributed by atoms with Gasteiger partial charge in [0.25, 0.3) is 0 Å². The first-order valence-corrected chi connectivity index (χ1v) is 6.14. The highest BCUT2D eigenvalue weighted by Gasteiger charge is 2.27. The van der Waals surface area contributed by atoms with E-state index in [0.717, 1.165) is 18.8 Å². The Morgan fingerprint density at radius 2 is 2.44 bits per heavy atom. The number of hydrogen-bond donors (Lipinski definition) is 1. The molecule has 1 N–H and O–H groups in total. The molecular weight excluding hydrogens is 202 g/mol. The van der Waals surface area contributed by atoms with Gasteiger partial charge in [-0.3, -0.25) is 0 Å². The van der Waals surface area contributed by atoms with Crippen molar-refractivity contribution < 1.29 is 4.52 Å². The fourth-order valence-corrected chi connectivity index (χ4v) is 2.56. The number of nitrogens with zero attached hydrogens (tertiary/aromatic N) is 2. The van der Waals surface area contributed by atoms with E-state index in [1.165, 1.54) is 32.1 Å². The molecule has 1 saturated carbocycles. The minimum atomic E-state index is 0.502. The normalized spacial score (nSPS) is 24.5. The highest BCUT2D eigenvalue weighted by atomic mass is 16.5. The largest absolute Gasteiger partial charge is 0.343 e. The average molecular weight is 223 g/mol. The van der Waals surface area contributed by atoms with Crippen LogP contribution in [0.4, 0.5) is 0 Å². The minimum absolute atomic E-state index is 0.502. The highest BCUT2D eigenvalue weighted by Crippen LogP contribution is 2.34. The molecule has 4 nitrogen and oxygen atoms in total. The zero-order valence-electron chi connectivity index (χ0n) is 10.2. The van der Waals surface area contributed by atoms with Crippen molar-refractivity contribution in [3.05, 3.63) is 12.2 Å². The summed E-state index contributed by atoms with van der Waals surface area (Å²) >= 11 is 0. The SMILES string of the molecule is CC1(C)CCCC(NCCc2ncon2)C1. The standard InChI is InChI=1S/C12H21N3O/c1-12(2)6-3-4-10(8-12)13-7-5-11-14-9-16-15-11/h9-10,13H,3-8H2,1-2H3. The molecule has 1 atom stereocenters. The summed E-state index contributed by atoms with van der Waals surface area (Å²) in [5.74, 6) is 0.794. The van der Waals surface area contributed by atoms with E-state index in [0.29, 0.717) is 11.5 Å². The quantitative estimate of drug-likeness (QED) is 0.850. The van der Waals surface area contributed by atoms with Gasteiger partial charge >= 0.3 is 0 Å². The maximum absolute atomic E-state index is 4.70. The molecule has 16 heavy (non-hydrogen) atoms. The lowest BCUT2D eigenvalue weighted by atomic mass is 9.75. The Hall–Kier alpha value is -0.900. The summed E-state index contributed by atoms with van der Waals surface area (Å²) < 4.78 is 4.70. The Bertz CT molecular complexity index is 308. The van der Waals surface area contributed by atoms with E-state index in [1.54, 1.807) is 0 Å². The average Bonchev–Trinajstić information content (AvgIpc) is 2.69. The lowest BCUT2D eigenvalue weighted by Gasteiger charge is -2.35. The molecule has 1 aliphatic carbocycles. The maximum Gasteiger partial charge on any atom is 0.213 e. The minimum Gasteiger partial charge on any atom is -0.343 e. The lowest BCUT2D eigenvalue weighted by molar-refractivity contribution is 0.199. The summed E-state index contributed by atoms with van der Waals surface area (Å²) in [5.41, 5.74) is 0.502. The third kappa shape index (κ3) is 3.30. The van der Waals surface area contributed by atoms with Gasteiger partial charge in [0.15, 0.2) is 5.82 Å². The zero-order chi connectivity index (χ0) is 11.4. The van der Waals surface area contributed by atoms with Crippen molar-refractivity contribution in [2.75, 3.05) is 6.54 Å². The molecule has 1 unspecified atom stereocenters. The van der Waals surface area contributed by atoms with Crippen LogP contribution in [-0.2, 0) is 6.42 Å². The van der Waals surface area contributed by atoms with Gasteiger partial charge in [-0.1, -0.05) is 25.4 Å². The Morgan fingerprint density at radius 1 is 1.56 bits per heavy atom. The van der Waals surface area contributed by atoms with Crippen LogP contribution in [0.2, 0.25) is 0 Å². The van der Waals surface area contributed by atoms with Gasteiger partial charge in [-0.05, 0) is 24.7 Å². The van der Waals surface area contributed by atoms with Gasteiger partial charge in [-0.25, -0.2) is 0 Å². The second kappa shape index (κ2) is 4.95. The molecule has 4 heteroatoms. The van der Waals surface area contributed by atoms with Crippen LogP contribution in [0.25, 0.3) is 0 Å². The van der Waals surface area contributed by atoms with E-state index in [9.17, 15) is 0 Å². The summed E-state index contributed by atoms with van der Waals surface area (Å²) in [6.45, 7) is 5.67. The van der Waals surface area contributed by atoms with Gasteiger partial charge in [0, 0.05) is 19.0 Å². The van der Waals surface area contributed by atoms with Crippen molar-refractivity contribution in [2.24, 2.45) is 5.41 Å². The van der Waals surface area contributed by atoms with E-state index in [4.69, 9.17) is 4.52 Å². The third-order valence-electron chi connectivity index (χ3n) is 3.39. The van der Waals surface area contributed by atoms with E-state index in [2.05, 4.69) is 29.3 Å². The predicted octanol–water partition coefficient (Wildman–Crippen LogP) is 2.17. The monoisotopic (exact) mass is 223 g/mol. The molecule has 2 rings (SSSR count). The molecule has 0 amide bonds. The van der Waals surface area contributed by atoms with Crippen LogP contribution >= 0.6 is 0 Å². The van der Waals surface area contributed by atoms with E-state index in [-0.39, 0.29) is 0 Å². The Morgan fingerprint density at radius 3 is 3.12 bits per heavy atom. The van der Waals surface area contributed by atoms with Crippen molar-refractivity contribution in [2.45, 2.75) is 52.0 Å². The van der Waals surface area contributed by atoms with Crippen LogP contribution in [0.5, 0.6) is 0 Å². The summed E-state index contributed by atoms with van der Waals surface area (Å²) in [4.78, 5) is 4.01. The molecule has 0 saturated heterocycles. The molecule has 0 bridgehead atoms. The molecular formula is C12H21N3O. The van der Waals surface area contributed by atoms with Crippen molar-refractivity contribution in [3.8, 4) is 0 Å². The van der Waals surface area contributed by atoms with Crippen LogP contribution in [0.1, 0.15) is 45.4 Å². The van der Waals surface area contributed by atoms with Crippen LogP contribution < -0.4 is 5.32 Å². The Balaban J connectivity index is 1.70. The number of aromatic nitrogens is 2. The van der Waals surface area contributed by atoms with Crippen LogP contribution in [0.15, 0.2) is 10.9 Å². The Kier molecular flexibility index (Phi) is 3.59. The molecule has 1 heterocycles.